The van der Waals surface area contributed by atoms with Gasteiger partial charge in [0.2, 0.25) is 0 Å². The van der Waals surface area contributed by atoms with Crippen molar-refractivity contribution in [2.24, 2.45) is 0 Å². The van der Waals surface area contributed by atoms with E-state index in [-0.39, 0.29) is 0 Å². The monoisotopic (exact) mass is 336 g/mol. The topological polar surface area (TPSA) is 22.9 Å². The summed E-state index contributed by atoms with van der Waals surface area (Å²) in [5.41, 5.74) is 3.99. The largest absolute Gasteiger partial charge is 0.497 e. The highest BCUT2D eigenvalue weighted by molar-refractivity contribution is 5.54. The van der Waals surface area contributed by atoms with Crippen LogP contribution in [-0.4, -0.2) is 27.3 Å². The van der Waals surface area contributed by atoms with Gasteiger partial charge in [-0.25, -0.2) is 0 Å². The Morgan fingerprint density at radius 2 is 1.52 bits per heavy atom. The number of nitrogens with one attached hydrogen (secondary N) is 1. The molecule has 0 spiro atoms. The van der Waals surface area contributed by atoms with Gasteiger partial charge < -0.3 is 14.4 Å². The molecule has 0 amide bonds. The van der Waals surface area contributed by atoms with Crippen molar-refractivity contribution in [1.82, 2.24) is 0 Å². The Bertz CT molecular complexity index is 730. The zero-order valence-electron chi connectivity index (χ0n) is 15.0. The quantitative estimate of drug-likeness (QED) is 0.876. The molecule has 3 rings (SSSR count). The van der Waals surface area contributed by atoms with Crippen LogP contribution in [0, 0.1) is 0 Å². The molecule has 1 aliphatic heterocycles. The van der Waals surface area contributed by atoms with E-state index in [0.717, 1.165) is 31.0 Å². The lowest BCUT2D eigenvalue weighted by Crippen LogP contribution is -3.11. The molecule has 130 valence electrons. The fourth-order valence-electron chi connectivity index (χ4n) is 3.06. The van der Waals surface area contributed by atoms with Gasteiger partial charge in [0, 0.05) is 12.0 Å². The standard InChI is InChI=1S/C22H25NO2/c1-24-21-9-5-18(6-10-21)3-4-19-13-15-23(16-14-19)17-20-7-11-22(25-2)12-8-20/h3-13H,14-17H2,1-2H3/p+1/b4-3+. The Hall–Kier alpha value is -2.52. The van der Waals surface area contributed by atoms with E-state index in [2.05, 4.69) is 42.5 Å². The molecular weight excluding hydrogens is 310 g/mol. The van der Waals surface area contributed by atoms with Crippen LogP contribution in [0.25, 0.3) is 6.08 Å². The predicted molar refractivity (Wildman–Crippen MR) is 102 cm³/mol. The van der Waals surface area contributed by atoms with Crippen molar-refractivity contribution in [3.05, 3.63) is 77.4 Å². The first-order valence-electron chi connectivity index (χ1n) is 8.74. The molecule has 0 aliphatic carbocycles. The van der Waals surface area contributed by atoms with E-state index in [0.29, 0.717) is 0 Å². The van der Waals surface area contributed by atoms with E-state index in [4.69, 9.17) is 9.47 Å². The van der Waals surface area contributed by atoms with Gasteiger partial charge in [-0.3, -0.25) is 0 Å². The summed E-state index contributed by atoms with van der Waals surface area (Å²) in [4.78, 5) is 1.60. The Morgan fingerprint density at radius 1 is 0.880 bits per heavy atom. The normalized spacial score (nSPS) is 17.4. The maximum absolute atomic E-state index is 5.22. The van der Waals surface area contributed by atoms with E-state index in [1.54, 1.807) is 19.1 Å². The first-order valence-corrected chi connectivity index (χ1v) is 8.74. The fraction of sp³-hybridized carbons (Fsp3) is 0.273. The highest BCUT2D eigenvalue weighted by Crippen LogP contribution is 2.14. The molecule has 1 N–H and O–H groups in total. The van der Waals surface area contributed by atoms with E-state index in [9.17, 15) is 0 Å². The number of allylic oxidation sites excluding steroid dienone is 1. The van der Waals surface area contributed by atoms with Gasteiger partial charge >= 0.3 is 0 Å². The number of ether oxygens (including phenoxy) is 2. The molecule has 25 heavy (non-hydrogen) atoms. The van der Waals surface area contributed by atoms with Crippen LogP contribution >= 0.6 is 0 Å². The molecule has 2 aromatic carbocycles. The van der Waals surface area contributed by atoms with Gasteiger partial charge in [0.15, 0.2) is 0 Å². The minimum Gasteiger partial charge on any atom is -0.497 e. The molecule has 1 heterocycles. The van der Waals surface area contributed by atoms with Crippen LogP contribution in [0.15, 0.2) is 66.3 Å². The SMILES string of the molecule is COc1ccc(/C=C/C2=CC[NH+](Cc3ccc(OC)cc3)CC2)cc1. The molecule has 0 fully saturated rings. The van der Waals surface area contributed by atoms with Crippen LogP contribution in [0.4, 0.5) is 0 Å². The molecule has 0 radical (unpaired) electrons. The minimum atomic E-state index is 0.895. The number of quaternary nitrogens is 1. The first kappa shape index (κ1) is 17.3. The summed E-state index contributed by atoms with van der Waals surface area (Å²) in [6, 6.07) is 16.6. The Balaban J connectivity index is 1.53. The summed E-state index contributed by atoms with van der Waals surface area (Å²) in [7, 11) is 3.40. The Kier molecular flexibility index (Phi) is 5.91. The molecule has 2 aromatic rings. The second-order valence-electron chi connectivity index (χ2n) is 6.36. The molecule has 1 unspecified atom stereocenters. The Labute approximate surface area is 150 Å². The lowest BCUT2D eigenvalue weighted by Gasteiger charge is -2.22. The summed E-state index contributed by atoms with van der Waals surface area (Å²) >= 11 is 0. The van der Waals surface area contributed by atoms with Crippen molar-refractivity contribution in [3.63, 3.8) is 0 Å². The number of rotatable bonds is 6. The molecular formula is C22H26NO2+. The fourth-order valence-corrected chi connectivity index (χ4v) is 3.06. The van der Waals surface area contributed by atoms with E-state index < -0.39 is 0 Å². The van der Waals surface area contributed by atoms with Crippen molar-refractivity contribution in [3.8, 4) is 11.5 Å². The molecule has 0 bridgehead atoms. The first-order chi connectivity index (χ1) is 12.3. The van der Waals surface area contributed by atoms with Gasteiger partial charge in [0.05, 0.1) is 27.3 Å². The number of methoxy groups -OCH3 is 2. The maximum Gasteiger partial charge on any atom is 0.118 e. The summed E-state index contributed by atoms with van der Waals surface area (Å²) in [6.07, 6.45) is 7.91. The van der Waals surface area contributed by atoms with Crippen molar-refractivity contribution >= 4 is 6.08 Å². The van der Waals surface area contributed by atoms with Crippen LogP contribution in [0.2, 0.25) is 0 Å². The molecule has 3 heteroatoms. The van der Waals surface area contributed by atoms with Gasteiger partial charge in [-0.05, 0) is 53.6 Å². The number of benzene rings is 2. The average Bonchev–Trinajstić information content (AvgIpc) is 2.68. The van der Waals surface area contributed by atoms with Crippen LogP contribution in [0.1, 0.15) is 17.5 Å². The zero-order chi connectivity index (χ0) is 17.5. The second kappa shape index (κ2) is 8.54. The third-order valence-corrected chi connectivity index (χ3v) is 4.64. The summed E-state index contributed by atoms with van der Waals surface area (Å²) < 4.78 is 10.4. The average molecular weight is 336 g/mol. The van der Waals surface area contributed by atoms with Crippen molar-refractivity contribution in [2.45, 2.75) is 13.0 Å². The number of hydrogen-bond donors (Lipinski definition) is 1. The van der Waals surface area contributed by atoms with E-state index >= 15 is 0 Å². The molecule has 0 saturated carbocycles. The van der Waals surface area contributed by atoms with Gasteiger partial charge in [-0.1, -0.05) is 24.3 Å². The highest BCUT2D eigenvalue weighted by Gasteiger charge is 2.13. The molecule has 1 aliphatic rings. The van der Waals surface area contributed by atoms with Crippen LogP contribution in [-0.2, 0) is 6.54 Å². The van der Waals surface area contributed by atoms with Gasteiger partial charge in [-0.2, -0.15) is 0 Å². The number of hydrogen-bond acceptors (Lipinski definition) is 2. The van der Waals surface area contributed by atoms with Crippen molar-refractivity contribution in [1.29, 1.82) is 0 Å². The molecule has 3 nitrogen and oxygen atoms in total. The van der Waals surface area contributed by atoms with E-state index in [1.807, 2.05) is 24.3 Å². The minimum absolute atomic E-state index is 0.895. The molecule has 0 saturated heterocycles. The lowest BCUT2D eigenvalue weighted by molar-refractivity contribution is -0.909. The van der Waals surface area contributed by atoms with Crippen LogP contribution in [0.5, 0.6) is 11.5 Å². The second-order valence-corrected chi connectivity index (χ2v) is 6.36. The highest BCUT2D eigenvalue weighted by atomic mass is 16.5. The van der Waals surface area contributed by atoms with Crippen LogP contribution in [0.3, 0.4) is 0 Å². The zero-order valence-corrected chi connectivity index (χ0v) is 15.0. The maximum atomic E-state index is 5.22. The third-order valence-electron chi connectivity index (χ3n) is 4.64. The van der Waals surface area contributed by atoms with Crippen molar-refractivity contribution < 1.29 is 14.4 Å². The smallest absolute Gasteiger partial charge is 0.118 e. The van der Waals surface area contributed by atoms with Gasteiger partial charge in [-0.15, -0.1) is 0 Å². The summed E-state index contributed by atoms with van der Waals surface area (Å²) in [5.74, 6) is 1.81. The van der Waals surface area contributed by atoms with Gasteiger partial charge in [0.1, 0.15) is 18.0 Å². The van der Waals surface area contributed by atoms with Gasteiger partial charge in [0.25, 0.3) is 0 Å². The van der Waals surface area contributed by atoms with Crippen molar-refractivity contribution in [2.75, 3.05) is 27.3 Å². The third kappa shape index (κ3) is 4.97. The van der Waals surface area contributed by atoms with E-state index in [1.165, 1.54) is 23.2 Å². The van der Waals surface area contributed by atoms with Crippen LogP contribution < -0.4 is 14.4 Å². The molecule has 1 atom stereocenters. The summed E-state index contributed by atoms with van der Waals surface area (Å²) in [6.45, 7) is 3.31. The lowest BCUT2D eigenvalue weighted by atomic mass is 10.1. The molecule has 0 aromatic heterocycles. The predicted octanol–water partition coefficient (Wildman–Crippen LogP) is 3.13. The Morgan fingerprint density at radius 3 is 2.08 bits per heavy atom. The summed E-state index contributed by atoms with van der Waals surface area (Å²) in [5, 5.41) is 0.